The minimum atomic E-state index is -0.547. The van der Waals surface area contributed by atoms with Crippen LogP contribution in [0.25, 0.3) is 0 Å². The van der Waals surface area contributed by atoms with Gasteiger partial charge < -0.3 is 14.9 Å². The van der Waals surface area contributed by atoms with Crippen molar-refractivity contribution in [3.05, 3.63) is 57.8 Å². The predicted molar refractivity (Wildman–Crippen MR) is 91.5 cm³/mol. The fourth-order valence-electron chi connectivity index (χ4n) is 3.15. The Hall–Kier alpha value is -1.24. The van der Waals surface area contributed by atoms with E-state index >= 15 is 0 Å². The lowest BCUT2D eigenvalue weighted by Gasteiger charge is -2.37. The first-order chi connectivity index (χ1) is 11.3. The SMILES string of the molecule is OCC1c2ccccc2CCN1CC(O)COCc1cccs1. The van der Waals surface area contributed by atoms with E-state index in [1.165, 1.54) is 11.1 Å². The zero-order valence-corrected chi connectivity index (χ0v) is 13.9. The Morgan fingerprint density at radius 3 is 2.91 bits per heavy atom. The summed E-state index contributed by atoms with van der Waals surface area (Å²) in [5.74, 6) is 0. The Balaban J connectivity index is 1.52. The Kier molecular flexibility index (Phi) is 5.80. The average molecular weight is 333 g/mol. The zero-order valence-electron chi connectivity index (χ0n) is 13.1. The van der Waals surface area contributed by atoms with E-state index in [1.54, 1.807) is 11.3 Å². The van der Waals surface area contributed by atoms with Crippen LogP contribution in [0.1, 0.15) is 22.0 Å². The molecule has 4 nitrogen and oxygen atoms in total. The van der Waals surface area contributed by atoms with E-state index in [1.807, 2.05) is 29.6 Å². The van der Waals surface area contributed by atoms with Crippen molar-refractivity contribution in [2.75, 3.05) is 26.3 Å². The van der Waals surface area contributed by atoms with Crippen LogP contribution in [0.5, 0.6) is 0 Å². The van der Waals surface area contributed by atoms with Crippen molar-refractivity contribution in [3.8, 4) is 0 Å². The Labute approximate surface area is 141 Å². The number of aliphatic hydroxyl groups is 2. The van der Waals surface area contributed by atoms with Gasteiger partial charge in [0, 0.05) is 18.0 Å². The van der Waals surface area contributed by atoms with Crippen molar-refractivity contribution >= 4 is 11.3 Å². The molecule has 0 aliphatic carbocycles. The van der Waals surface area contributed by atoms with Crippen LogP contribution in [-0.4, -0.2) is 47.5 Å². The number of ether oxygens (including phenoxy) is 1. The molecular weight excluding hydrogens is 310 g/mol. The van der Waals surface area contributed by atoms with Crippen molar-refractivity contribution in [2.45, 2.75) is 25.2 Å². The molecular formula is C18H23NO3S. The van der Waals surface area contributed by atoms with Gasteiger partial charge in [0.15, 0.2) is 0 Å². The summed E-state index contributed by atoms with van der Waals surface area (Å²) < 4.78 is 5.59. The average Bonchev–Trinajstić information content (AvgIpc) is 3.08. The highest BCUT2D eigenvalue weighted by Crippen LogP contribution is 2.29. The minimum absolute atomic E-state index is 0.0353. The van der Waals surface area contributed by atoms with Gasteiger partial charge >= 0.3 is 0 Å². The van der Waals surface area contributed by atoms with Gasteiger partial charge in [0.05, 0.1) is 32.0 Å². The lowest BCUT2D eigenvalue weighted by atomic mass is 9.93. The maximum Gasteiger partial charge on any atom is 0.0900 e. The predicted octanol–water partition coefficient (Wildman–Crippen LogP) is 2.22. The number of hydrogen-bond acceptors (Lipinski definition) is 5. The molecule has 2 N–H and O–H groups in total. The first kappa shape index (κ1) is 16.6. The third-order valence-corrected chi connectivity index (χ3v) is 5.13. The van der Waals surface area contributed by atoms with E-state index in [-0.39, 0.29) is 12.6 Å². The molecule has 2 heterocycles. The van der Waals surface area contributed by atoms with Crippen LogP contribution in [0, 0.1) is 0 Å². The molecule has 0 spiro atoms. The van der Waals surface area contributed by atoms with Gasteiger partial charge in [-0.15, -0.1) is 11.3 Å². The Morgan fingerprint density at radius 2 is 2.13 bits per heavy atom. The number of fused-ring (bicyclic) bond motifs is 1. The largest absolute Gasteiger partial charge is 0.394 e. The van der Waals surface area contributed by atoms with Crippen LogP contribution >= 0.6 is 11.3 Å². The standard InChI is InChI=1S/C18H23NO3S/c20-11-18-17-6-2-1-4-14(17)7-8-19(18)10-15(21)12-22-13-16-5-3-9-23-16/h1-6,9,15,18,20-21H,7-8,10-13H2. The van der Waals surface area contributed by atoms with Crippen molar-refractivity contribution in [2.24, 2.45) is 0 Å². The van der Waals surface area contributed by atoms with Crippen LogP contribution in [0.3, 0.4) is 0 Å². The molecule has 0 saturated carbocycles. The highest BCUT2D eigenvalue weighted by Gasteiger charge is 2.27. The Bertz CT molecular complexity index is 602. The minimum Gasteiger partial charge on any atom is -0.394 e. The molecule has 0 amide bonds. The number of aliphatic hydroxyl groups excluding tert-OH is 2. The summed E-state index contributed by atoms with van der Waals surface area (Å²) in [6.45, 7) is 2.29. The number of thiophene rings is 1. The van der Waals surface area contributed by atoms with Crippen molar-refractivity contribution in [1.29, 1.82) is 0 Å². The van der Waals surface area contributed by atoms with Gasteiger partial charge in [-0.05, 0) is 29.0 Å². The molecule has 0 bridgehead atoms. The van der Waals surface area contributed by atoms with Gasteiger partial charge in [0.1, 0.15) is 0 Å². The molecule has 1 aromatic heterocycles. The Morgan fingerprint density at radius 1 is 1.26 bits per heavy atom. The highest BCUT2D eigenvalue weighted by molar-refractivity contribution is 7.09. The molecule has 2 aromatic rings. The maximum absolute atomic E-state index is 10.2. The van der Waals surface area contributed by atoms with Crippen LogP contribution in [0.15, 0.2) is 41.8 Å². The van der Waals surface area contributed by atoms with Gasteiger partial charge in [-0.1, -0.05) is 30.3 Å². The molecule has 2 unspecified atom stereocenters. The smallest absolute Gasteiger partial charge is 0.0900 e. The third-order valence-electron chi connectivity index (χ3n) is 4.28. The van der Waals surface area contributed by atoms with Crippen LogP contribution in [0.4, 0.5) is 0 Å². The molecule has 23 heavy (non-hydrogen) atoms. The molecule has 0 fully saturated rings. The van der Waals surface area contributed by atoms with Gasteiger partial charge in [-0.2, -0.15) is 0 Å². The molecule has 1 aromatic carbocycles. The number of β-amino-alcohol motifs (C(OH)–C–C–N with tert-alkyl or cyclic N) is 1. The molecule has 0 saturated heterocycles. The molecule has 0 radical (unpaired) electrons. The molecule has 5 heteroatoms. The zero-order chi connectivity index (χ0) is 16.1. The number of benzene rings is 1. The third kappa shape index (κ3) is 4.19. The number of hydrogen-bond donors (Lipinski definition) is 2. The normalized spacial score (nSPS) is 19.5. The van der Waals surface area contributed by atoms with Gasteiger partial charge in [0.25, 0.3) is 0 Å². The summed E-state index contributed by atoms with van der Waals surface area (Å²) in [6, 6.07) is 12.2. The molecule has 3 rings (SSSR count). The van der Waals surface area contributed by atoms with Crippen molar-refractivity contribution in [3.63, 3.8) is 0 Å². The van der Waals surface area contributed by atoms with E-state index in [4.69, 9.17) is 4.74 Å². The maximum atomic E-state index is 10.2. The first-order valence-corrected chi connectivity index (χ1v) is 8.87. The van der Waals surface area contributed by atoms with Gasteiger partial charge in [-0.25, -0.2) is 0 Å². The van der Waals surface area contributed by atoms with Crippen molar-refractivity contribution < 1.29 is 14.9 Å². The molecule has 1 aliphatic rings. The summed E-state index contributed by atoms with van der Waals surface area (Å²) in [4.78, 5) is 3.32. The van der Waals surface area contributed by atoms with Crippen LogP contribution < -0.4 is 0 Å². The monoisotopic (exact) mass is 333 g/mol. The summed E-state index contributed by atoms with van der Waals surface area (Å²) in [7, 11) is 0. The number of nitrogens with zero attached hydrogens (tertiary/aromatic N) is 1. The fourth-order valence-corrected chi connectivity index (χ4v) is 3.79. The lowest BCUT2D eigenvalue weighted by molar-refractivity contribution is -0.00509. The van der Waals surface area contributed by atoms with Crippen LogP contribution in [0.2, 0.25) is 0 Å². The second-order valence-corrected chi connectivity index (χ2v) is 6.92. The number of rotatable bonds is 7. The summed E-state index contributed by atoms with van der Waals surface area (Å²) >= 11 is 1.66. The summed E-state index contributed by atoms with van der Waals surface area (Å²) in [5, 5.41) is 22.0. The van der Waals surface area contributed by atoms with Crippen LogP contribution in [-0.2, 0) is 17.8 Å². The first-order valence-electron chi connectivity index (χ1n) is 7.99. The van der Waals surface area contributed by atoms with Gasteiger partial charge in [0.2, 0.25) is 0 Å². The second kappa shape index (κ2) is 8.04. The van der Waals surface area contributed by atoms with Gasteiger partial charge in [-0.3, -0.25) is 4.90 Å². The molecule has 124 valence electrons. The van der Waals surface area contributed by atoms with E-state index in [0.29, 0.717) is 19.8 Å². The molecule has 2 atom stereocenters. The topological polar surface area (TPSA) is 52.9 Å². The fraction of sp³-hybridized carbons (Fsp3) is 0.444. The quantitative estimate of drug-likeness (QED) is 0.816. The van der Waals surface area contributed by atoms with E-state index < -0.39 is 6.10 Å². The summed E-state index contributed by atoms with van der Waals surface area (Å²) in [6.07, 6.45) is 0.407. The van der Waals surface area contributed by atoms with E-state index in [9.17, 15) is 10.2 Å². The summed E-state index contributed by atoms with van der Waals surface area (Å²) in [5.41, 5.74) is 2.47. The molecule has 1 aliphatic heterocycles. The van der Waals surface area contributed by atoms with Crippen molar-refractivity contribution in [1.82, 2.24) is 4.90 Å². The highest BCUT2D eigenvalue weighted by atomic mass is 32.1. The van der Waals surface area contributed by atoms with E-state index in [0.717, 1.165) is 17.8 Å². The second-order valence-electron chi connectivity index (χ2n) is 5.89. The lowest BCUT2D eigenvalue weighted by Crippen LogP contribution is -2.42. The van der Waals surface area contributed by atoms with E-state index in [2.05, 4.69) is 17.0 Å².